The molecule has 224 valence electrons. The average Bonchev–Trinajstić information content (AvgIpc) is 3.18. The van der Waals surface area contributed by atoms with Crippen LogP contribution < -0.4 is 5.19 Å². The van der Waals surface area contributed by atoms with Crippen LogP contribution in [0.1, 0.15) is 91.9 Å². The van der Waals surface area contributed by atoms with Crippen LogP contribution in [0.5, 0.6) is 0 Å². The molecular weight excluding hydrogens is 602 g/mol. The van der Waals surface area contributed by atoms with Gasteiger partial charge in [0.2, 0.25) is 0 Å². The fourth-order valence-electron chi connectivity index (χ4n) is 4.89. The monoisotopic (exact) mass is 655 g/mol. The van der Waals surface area contributed by atoms with Gasteiger partial charge in [-0.3, -0.25) is 6.08 Å². The van der Waals surface area contributed by atoms with Crippen LogP contribution in [-0.4, -0.2) is 16.3 Å². The molecule has 0 heterocycles. The van der Waals surface area contributed by atoms with Crippen LogP contribution in [-0.2, 0) is 26.2 Å². The minimum Gasteiger partial charge on any atom is -0.675 e. The average molecular weight is 657 g/mol. The minimum atomic E-state index is 0. The molecule has 5 rings (SSSR count). The number of hydrogen-bond donors (Lipinski definition) is 0. The van der Waals surface area contributed by atoms with Crippen LogP contribution in [0.2, 0.25) is 0 Å². The molecule has 42 heavy (non-hydrogen) atoms. The Balaban J connectivity index is 0.000000535. The molecule has 2 radical (unpaired) electrons. The van der Waals surface area contributed by atoms with Crippen LogP contribution in [0, 0.1) is 19.4 Å². The SMILES string of the molecule is CC1=[C-]C(C)C(C)=C1C.[CH3-].[NH-]C1CCCCCCCCCC1.[SiH2]c1ccccc1.[Zr+3].c1ccc(-c2ccccc2)cc1. The molecule has 1 saturated carbocycles. The molecule has 3 aromatic rings. The number of benzene rings is 3. The number of hydrogen-bond acceptors (Lipinski definition) is 0. The Hall–Kier alpha value is -1.80. The Morgan fingerprint density at radius 2 is 0.976 bits per heavy atom. The summed E-state index contributed by atoms with van der Waals surface area (Å²) in [4.78, 5) is 0. The van der Waals surface area contributed by atoms with E-state index in [1.807, 2.05) is 40.6 Å². The molecule has 1 N–H and O–H groups in total. The molecule has 2 aliphatic rings. The second-order valence-corrected chi connectivity index (χ2v) is 11.9. The molecule has 3 heteroatoms. The number of nitrogens with one attached hydrogen (secondary N) is 1. The van der Waals surface area contributed by atoms with Crippen molar-refractivity contribution in [2.24, 2.45) is 5.92 Å². The topological polar surface area (TPSA) is 23.8 Å². The second kappa shape index (κ2) is 24.6. The summed E-state index contributed by atoms with van der Waals surface area (Å²) in [5.74, 6) is 0.560. The normalized spacial score (nSPS) is 17.1. The molecule has 3 aromatic carbocycles. The van der Waals surface area contributed by atoms with Gasteiger partial charge in [0.1, 0.15) is 0 Å². The summed E-state index contributed by atoms with van der Waals surface area (Å²) in [5.41, 5.74) is 14.5. The van der Waals surface area contributed by atoms with E-state index in [0.717, 1.165) is 12.8 Å². The molecular formula is C39H55NSiZr. The van der Waals surface area contributed by atoms with E-state index < -0.39 is 0 Å². The van der Waals surface area contributed by atoms with Crippen molar-refractivity contribution in [3.63, 3.8) is 0 Å². The van der Waals surface area contributed by atoms with Gasteiger partial charge >= 0.3 is 26.2 Å². The summed E-state index contributed by atoms with van der Waals surface area (Å²) in [6.07, 6.45) is 16.7. The first-order valence-electron chi connectivity index (χ1n) is 15.3. The molecule has 0 aromatic heterocycles. The van der Waals surface area contributed by atoms with Crippen LogP contribution in [0.15, 0.2) is 108 Å². The van der Waals surface area contributed by atoms with Crippen molar-refractivity contribution in [1.82, 2.24) is 0 Å². The maximum atomic E-state index is 7.75. The van der Waals surface area contributed by atoms with Gasteiger partial charge < -0.3 is 13.2 Å². The van der Waals surface area contributed by atoms with E-state index in [1.165, 1.54) is 84.4 Å². The Morgan fingerprint density at radius 1 is 0.619 bits per heavy atom. The Bertz CT molecular complexity index is 1060. The van der Waals surface area contributed by atoms with Crippen LogP contribution in [0.4, 0.5) is 0 Å². The molecule has 1 unspecified atom stereocenters. The molecule has 0 aliphatic heterocycles. The second-order valence-electron chi connectivity index (χ2n) is 11.1. The Morgan fingerprint density at radius 3 is 1.24 bits per heavy atom. The van der Waals surface area contributed by atoms with Crippen molar-refractivity contribution in [1.29, 1.82) is 0 Å². The first-order valence-corrected chi connectivity index (χ1v) is 16.1. The zero-order valence-electron chi connectivity index (χ0n) is 27.1. The van der Waals surface area contributed by atoms with Gasteiger partial charge in [0.25, 0.3) is 0 Å². The molecule has 0 amide bonds. The van der Waals surface area contributed by atoms with Crippen LogP contribution in [0.3, 0.4) is 0 Å². The third-order valence-corrected chi connectivity index (χ3v) is 8.29. The van der Waals surface area contributed by atoms with Crippen molar-refractivity contribution in [2.75, 3.05) is 0 Å². The van der Waals surface area contributed by atoms with Crippen molar-refractivity contribution in [3.8, 4) is 11.1 Å². The fraction of sp³-hybridized carbons (Fsp3) is 0.410. The quantitative estimate of drug-likeness (QED) is 0.184. The number of allylic oxidation sites excluding steroid dienone is 4. The zero-order valence-corrected chi connectivity index (χ0v) is 31.0. The van der Waals surface area contributed by atoms with E-state index in [1.54, 1.807) is 0 Å². The molecule has 1 atom stereocenters. The van der Waals surface area contributed by atoms with Gasteiger partial charge in [-0.2, -0.15) is 11.1 Å². The molecule has 0 saturated heterocycles. The van der Waals surface area contributed by atoms with E-state index in [0.29, 0.717) is 5.92 Å². The van der Waals surface area contributed by atoms with Gasteiger partial charge in [-0.05, 0) is 11.1 Å². The molecule has 0 bridgehead atoms. The minimum absolute atomic E-state index is 0. The largest absolute Gasteiger partial charge is 3.00 e. The van der Waals surface area contributed by atoms with Gasteiger partial charge in [-0.1, -0.05) is 187 Å². The van der Waals surface area contributed by atoms with Gasteiger partial charge in [0.15, 0.2) is 0 Å². The maximum Gasteiger partial charge on any atom is 3.00 e. The van der Waals surface area contributed by atoms with Gasteiger partial charge in [0, 0.05) is 10.2 Å². The van der Waals surface area contributed by atoms with E-state index in [2.05, 4.69) is 94.4 Å². The van der Waals surface area contributed by atoms with Crippen LogP contribution >= 0.6 is 0 Å². The van der Waals surface area contributed by atoms with Crippen LogP contribution in [0.25, 0.3) is 16.9 Å². The van der Waals surface area contributed by atoms with E-state index in [-0.39, 0.29) is 39.7 Å². The maximum absolute atomic E-state index is 7.75. The predicted octanol–water partition coefficient (Wildman–Crippen LogP) is 10.8. The Labute approximate surface area is 282 Å². The van der Waals surface area contributed by atoms with Gasteiger partial charge in [-0.25, -0.2) is 5.57 Å². The summed E-state index contributed by atoms with van der Waals surface area (Å²) in [5, 5.41) is 1.35. The van der Waals surface area contributed by atoms with Crippen molar-refractivity contribution in [2.45, 2.75) is 97.9 Å². The van der Waals surface area contributed by atoms with E-state index in [4.69, 9.17) is 5.73 Å². The summed E-state index contributed by atoms with van der Waals surface area (Å²) < 4.78 is 0. The molecule has 0 spiro atoms. The van der Waals surface area contributed by atoms with Crippen molar-refractivity contribution in [3.05, 3.63) is 127 Å². The van der Waals surface area contributed by atoms with Gasteiger partial charge in [0.05, 0.1) is 0 Å². The molecule has 1 fully saturated rings. The summed E-state index contributed by atoms with van der Waals surface area (Å²) >= 11 is 0. The first-order chi connectivity index (χ1) is 19.4. The van der Waals surface area contributed by atoms with E-state index in [9.17, 15) is 0 Å². The van der Waals surface area contributed by atoms with E-state index >= 15 is 0 Å². The summed E-state index contributed by atoms with van der Waals surface area (Å²) in [6, 6.07) is 31.3. The Kier molecular flexibility index (Phi) is 23.6. The number of rotatable bonds is 1. The fourth-order valence-corrected chi connectivity index (χ4v) is 5.16. The summed E-state index contributed by atoms with van der Waals surface area (Å²) in [6.45, 7) is 8.67. The van der Waals surface area contributed by atoms with Crippen molar-refractivity contribution >= 4 is 15.4 Å². The smallest absolute Gasteiger partial charge is 0.675 e. The third-order valence-electron chi connectivity index (χ3n) is 7.82. The van der Waals surface area contributed by atoms with Gasteiger partial charge in [-0.15, -0.1) is 13.0 Å². The predicted molar refractivity (Wildman–Crippen MR) is 187 cm³/mol. The summed E-state index contributed by atoms with van der Waals surface area (Å²) in [7, 11) is 1.90. The first kappa shape index (κ1) is 40.2. The third kappa shape index (κ3) is 17.3. The molecule has 2 aliphatic carbocycles. The standard InChI is InChI=1S/C12H10.C11H22N.C9H13.C6H7Si.CH3.Zr/c1-3-7-11(8-4-1)12-9-5-2-6-10-12;12-11-9-7-5-3-1-2-4-6-8-10-11;1-6-5-7(2)9(4)8(6)3;7-6-4-2-1-3-5-6;;/h1-10H;11-12H,1-10H2;6H,1-4H3;1-5H,7H2;1H3;/q;2*-1;;-1;+3. The zero-order chi connectivity index (χ0) is 29.0. The van der Waals surface area contributed by atoms with Crippen molar-refractivity contribution < 1.29 is 26.2 Å². The molecule has 1 nitrogen and oxygen atoms in total.